The number of nitrogens with zero attached hydrogens (tertiary/aromatic N) is 1. The third kappa shape index (κ3) is 3.93. The van der Waals surface area contributed by atoms with Crippen LogP contribution < -0.4 is 0 Å². The fraction of sp³-hybridized carbons (Fsp3) is 0.440. The Bertz CT molecular complexity index is 906. The third-order valence-corrected chi connectivity index (χ3v) is 5.89. The molecule has 3 atom stereocenters. The third-order valence-electron chi connectivity index (χ3n) is 5.89. The van der Waals surface area contributed by atoms with Crippen molar-refractivity contribution >= 4 is 12.1 Å². The standard InChI is InChI=1S/C25H29NO4/c1-24(2,3)30-23(28)26-16-10-15-25(21(26)19-13-8-5-9-14-19)17-20(22(27)29-25)18-11-6-4-7-12-18/h4-9,11-14,20-21H,10,15-17H2,1-3H3/t20-,21+,25-/m0/s1. The summed E-state index contributed by atoms with van der Waals surface area (Å²) in [4.78, 5) is 27.9. The number of carbonyl (C=O) groups is 2. The number of hydrogen-bond donors (Lipinski definition) is 0. The van der Waals surface area contributed by atoms with Crippen LogP contribution >= 0.6 is 0 Å². The first kappa shape index (κ1) is 20.5. The number of benzene rings is 2. The summed E-state index contributed by atoms with van der Waals surface area (Å²) in [5, 5.41) is 0. The van der Waals surface area contributed by atoms with E-state index in [1.807, 2.05) is 81.4 Å². The van der Waals surface area contributed by atoms with Crippen molar-refractivity contribution in [3.63, 3.8) is 0 Å². The first-order chi connectivity index (χ1) is 14.3. The molecule has 4 rings (SSSR count). The molecule has 5 nitrogen and oxygen atoms in total. The van der Waals surface area contributed by atoms with Gasteiger partial charge in [0.05, 0.1) is 5.92 Å². The van der Waals surface area contributed by atoms with Gasteiger partial charge in [-0.1, -0.05) is 60.7 Å². The van der Waals surface area contributed by atoms with Crippen molar-refractivity contribution in [2.24, 2.45) is 0 Å². The maximum Gasteiger partial charge on any atom is 0.410 e. The zero-order valence-corrected chi connectivity index (χ0v) is 17.8. The minimum Gasteiger partial charge on any atom is -0.456 e. The number of likely N-dealkylation sites (tertiary alicyclic amines) is 1. The topological polar surface area (TPSA) is 55.8 Å². The van der Waals surface area contributed by atoms with Crippen molar-refractivity contribution in [3.8, 4) is 0 Å². The number of carbonyl (C=O) groups excluding carboxylic acids is 2. The van der Waals surface area contributed by atoms with E-state index in [1.54, 1.807) is 4.90 Å². The molecule has 0 bridgehead atoms. The summed E-state index contributed by atoms with van der Waals surface area (Å²) in [7, 11) is 0. The molecule has 0 saturated carbocycles. The van der Waals surface area contributed by atoms with Crippen LogP contribution in [-0.2, 0) is 14.3 Å². The van der Waals surface area contributed by atoms with Crippen LogP contribution in [0.15, 0.2) is 60.7 Å². The molecule has 30 heavy (non-hydrogen) atoms. The van der Waals surface area contributed by atoms with Crippen LogP contribution in [0.3, 0.4) is 0 Å². The lowest BCUT2D eigenvalue weighted by Gasteiger charge is -2.47. The molecule has 2 fully saturated rings. The average molecular weight is 408 g/mol. The quantitative estimate of drug-likeness (QED) is 0.640. The van der Waals surface area contributed by atoms with E-state index in [2.05, 4.69) is 0 Å². The minimum atomic E-state index is -0.756. The van der Waals surface area contributed by atoms with Gasteiger partial charge < -0.3 is 9.47 Å². The SMILES string of the molecule is CC(C)(C)OC(=O)N1CCC[C@]2(C[C@@H](c3ccccc3)C(=O)O2)[C@H]1c1ccccc1. The number of ether oxygens (including phenoxy) is 2. The number of piperidine rings is 1. The number of rotatable bonds is 2. The highest BCUT2D eigenvalue weighted by atomic mass is 16.6. The van der Waals surface area contributed by atoms with E-state index < -0.39 is 11.2 Å². The van der Waals surface area contributed by atoms with Gasteiger partial charge in [-0.15, -0.1) is 0 Å². The predicted octanol–water partition coefficient (Wildman–Crippen LogP) is 5.23. The second-order valence-electron chi connectivity index (χ2n) is 9.24. The van der Waals surface area contributed by atoms with E-state index >= 15 is 0 Å². The van der Waals surface area contributed by atoms with Crippen molar-refractivity contribution in [3.05, 3.63) is 71.8 Å². The lowest BCUT2D eigenvalue weighted by atomic mass is 9.76. The Kier molecular flexibility index (Phi) is 5.31. The van der Waals surface area contributed by atoms with E-state index in [0.29, 0.717) is 13.0 Å². The molecule has 0 aromatic heterocycles. The predicted molar refractivity (Wildman–Crippen MR) is 114 cm³/mol. The molecule has 5 heteroatoms. The van der Waals surface area contributed by atoms with E-state index in [-0.39, 0.29) is 24.0 Å². The van der Waals surface area contributed by atoms with E-state index in [9.17, 15) is 9.59 Å². The second kappa shape index (κ2) is 7.78. The first-order valence-corrected chi connectivity index (χ1v) is 10.6. The maximum atomic E-state index is 13.1. The Balaban J connectivity index is 1.72. The molecule has 2 aliphatic rings. The first-order valence-electron chi connectivity index (χ1n) is 10.6. The molecule has 2 aliphatic heterocycles. The second-order valence-corrected chi connectivity index (χ2v) is 9.24. The zero-order valence-electron chi connectivity index (χ0n) is 17.8. The monoisotopic (exact) mass is 407 g/mol. The van der Waals surface area contributed by atoms with Gasteiger partial charge in [0.25, 0.3) is 0 Å². The van der Waals surface area contributed by atoms with Gasteiger partial charge >= 0.3 is 12.1 Å². The Hall–Kier alpha value is -2.82. The van der Waals surface area contributed by atoms with E-state index in [0.717, 1.165) is 24.0 Å². The number of amides is 1. The molecule has 1 spiro atoms. The summed E-state index contributed by atoms with van der Waals surface area (Å²) in [6.07, 6.45) is 1.67. The summed E-state index contributed by atoms with van der Waals surface area (Å²) in [5.74, 6) is -0.538. The highest BCUT2D eigenvalue weighted by Crippen LogP contribution is 2.52. The van der Waals surface area contributed by atoms with Gasteiger partial charge in [0, 0.05) is 13.0 Å². The van der Waals surface area contributed by atoms with Crippen molar-refractivity contribution in [1.29, 1.82) is 0 Å². The van der Waals surface area contributed by atoms with Crippen LogP contribution in [0, 0.1) is 0 Å². The number of hydrogen-bond acceptors (Lipinski definition) is 4. The Morgan fingerprint density at radius 2 is 1.63 bits per heavy atom. The maximum absolute atomic E-state index is 13.1. The molecular formula is C25H29NO4. The molecule has 2 aromatic rings. The van der Waals surface area contributed by atoms with Crippen LogP contribution in [0.4, 0.5) is 4.79 Å². The Morgan fingerprint density at radius 3 is 2.23 bits per heavy atom. The summed E-state index contributed by atoms with van der Waals surface area (Å²) in [6, 6.07) is 19.2. The lowest BCUT2D eigenvalue weighted by Crippen LogP contribution is -2.53. The summed E-state index contributed by atoms with van der Waals surface area (Å²) in [5.41, 5.74) is 0.570. The van der Waals surface area contributed by atoms with Crippen molar-refractivity contribution in [2.45, 2.75) is 63.2 Å². The van der Waals surface area contributed by atoms with Crippen LogP contribution in [0.2, 0.25) is 0 Å². The molecule has 0 aliphatic carbocycles. The molecule has 0 N–H and O–H groups in total. The van der Waals surface area contributed by atoms with Gasteiger partial charge in [-0.2, -0.15) is 0 Å². The van der Waals surface area contributed by atoms with E-state index in [4.69, 9.17) is 9.47 Å². The van der Waals surface area contributed by atoms with E-state index in [1.165, 1.54) is 0 Å². The van der Waals surface area contributed by atoms with Crippen LogP contribution in [0.5, 0.6) is 0 Å². The smallest absolute Gasteiger partial charge is 0.410 e. The van der Waals surface area contributed by atoms with Crippen LogP contribution in [-0.4, -0.2) is 34.7 Å². The zero-order chi connectivity index (χ0) is 21.4. The molecular weight excluding hydrogens is 378 g/mol. The molecule has 2 heterocycles. The normalized spacial score (nSPS) is 26.5. The average Bonchev–Trinajstić information content (AvgIpc) is 3.04. The van der Waals surface area contributed by atoms with Gasteiger partial charge in [-0.25, -0.2) is 4.79 Å². The van der Waals surface area contributed by atoms with Crippen molar-refractivity contribution in [2.75, 3.05) is 6.54 Å². The Labute approximate surface area is 178 Å². The van der Waals surface area contributed by atoms with Gasteiger partial charge in [0.2, 0.25) is 0 Å². The molecule has 0 unspecified atom stereocenters. The summed E-state index contributed by atoms with van der Waals surface area (Å²) in [6.45, 7) is 6.17. The fourth-order valence-corrected chi connectivity index (χ4v) is 4.74. The molecule has 1 amide bonds. The Morgan fingerprint density at radius 1 is 1.03 bits per heavy atom. The van der Waals surface area contributed by atoms with Crippen molar-refractivity contribution < 1.29 is 19.1 Å². The highest BCUT2D eigenvalue weighted by molar-refractivity contribution is 5.81. The lowest BCUT2D eigenvalue weighted by molar-refractivity contribution is -0.159. The van der Waals surface area contributed by atoms with Crippen molar-refractivity contribution in [1.82, 2.24) is 4.90 Å². The summed E-state index contributed by atoms with van der Waals surface area (Å²) < 4.78 is 11.9. The minimum absolute atomic E-state index is 0.215. The van der Waals surface area contributed by atoms with Crippen LogP contribution in [0.1, 0.15) is 63.1 Å². The molecule has 2 aromatic carbocycles. The van der Waals surface area contributed by atoms with Gasteiger partial charge in [0.15, 0.2) is 0 Å². The molecule has 0 radical (unpaired) electrons. The number of esters is 1. The summed E-state index contributed by atoms with van der Waals surface area (Å²) >= 11 is 0. The van der Waals surface area contributed by atoms with Gasteiger partial charge in [-0.3, -0.25) is 9.69 Å². The molecule has 2 saturated heterocycles. The van der Waals surface area contributed by atoms with Gasteiger partial charge in [-0.05, 0) is 44.7 Å². The largest absolute Gasteiger partial charge is 0.456 e. The fourth-order valence-electron chi connectivity index (χ4n) is 4.74. The molecule has 158 valence electrons. The van der Waals surface area contributed by atoms with Crippen LogP contribution in [0.25, 0.3) is 0 Å². The van der Waals surface area contributed by atoms with Gasteiger partial charge in [0.1, 0.15) is 17.2 Å². The highest BCUT2D eigenvalue weighted by Gasteiger charge is 2.57.